The third kappa shape index (κ3) is 3.37. The molecule has 0 unspecified atom stereocenters. The molecule has 11 heavy (non-hydrogen) atoms. The van der Waals surface area contributed by atoms with Gasteiger partial charge in [-0.05, 0) is 22.0 Å². The van der Waals surface area contributed by atoms with Gasteiger partial charge in [-0.3, -0.25) is 4.79 Å². The Morgan fingerprint density at radius 3 is 2.27 bits per heavy atom. The Labute approximate surface area is 75.1 Å². The van der Waals surface area contributed by atoms with Crippen LogP contribution in [0.4, 0.5) is 0 Å². The van der Waals surface area contributed by atoms with Gasteiger partial charge in [0.25, 0.3) is 0 Å². The van der Waals surface area contributed by atoms with Crippen LogP contribution in [0.3, 0.4) is 0 Å². The predicted molar refractivity (Wildman–Crippen MR) is 49.8 cm³/mol. The molecule has 0 spiro atoms. The molecule has 2 nitrogen and oxygen atoms in total. The maximum absolute atomic E-state index is 10.6. The quantitative estimate of drug-likeness (QED) is 0.722. The lowest BCUT2D eigenvalue weighted by Gasteiger charge is -1.82. The highest BCUT2D eigenvalue weighted by molar-refractivity contribution is 9.10. The van der Waals surface area contributed by atoms with Gasteiger partial charge in [0.15, 0.2) is 5.78 Å². The summed E-state index contributed by atoms with van der Waals surface area (Å²) in [5.41, 5.74) is 0.641. The fourth-order valence-corrected chi connectivity index (χ4v) is 0.915. The first-order valence-corrected chi connectivity index (χ1v) is 4.34. The lowest BCUT2D eigenvalue weighted by atomic mass is 10.3. The van der Waals surface area contributed by atoms with E-state index in [2.05, 4.69) is 20.9 Å². The van der Waals surface area contributed by atoms with Gasteiger partial charge >= 0.3 is 0 Å². The van der Waals surface area contributed by atoms with Crippen LogP contribution < -0.4 is 0 Å². The number of hydrogen-bond donors (Lipinski definition) is 1. The number of halogens is 1. The molecular weight excluding hydrogens is 206 g/mol. The molecule has 0 amide bonds. The normalized spacial score (nSPS) is 8.36. The first kappa shape index (κ1) is 10.4. The molecule has 1 rings (SSSR count). The SMILES string of the molecule is CC.CC(=O)c1cc(Br)c[nH]1. The molecule has 0 saturated heterocycles. The summed E-state index contributed by atoms with van der Waals surface area (Å²) in [4.78, 5) is 13.4. The van der Waals surface area contributed by atoms with Crippen molar-refractivity contribution in [2.75, 3.05) is 0 Å². The summed E-state index contributed by atoms with van der Waals surface area (Å²) in [6.07, 6.45) is 1.73. The van der Waals surface area contributed by atoms with Crippen LogP contribution in [-0.2, 0) is 0 Å². The van der Waals surface area contributed by atoms with Crippen LogP contribution in [0, 0.1) is 0 Å². The molecule has 1 aromatic heterocycles. The highest BCUT2D eigenvalue weighted by Gasteiger charge is 1.99. The smallest absolute Gasteiger partial charge is 0.175 e. The maximum atomic E-state index is 10.6. The minimum Gasteiger partial charge on any atom is -0.358 e. The fraction of sp³-hybridized carbons (Fsp3) is 0.375. The van der Waals surface area contributed by atoms with Crippen LogP contribution in [0.15, 0.2) is 16.7 Å². The molecule has 3 heteroatoms. The Kier molecular flexibility index (Phi) is 4.86. The Balaban J connectivity index is 0.000000461. The molecule has 0 aromatic carbocycles. The van der Waals surface area contributed by atoms with Crippen molar-refractivity contribution in [2.45, 2.75) is 20.8 Å². The van der Waals surface area contributed by atoms with Crippen LogP contribution in [-0.4, -0.2) is 10.8 Å². The van der Waals surface area contributed by atoms with Crippen molar-refractivity contribution in [2.24, 2.45) is 0 Å². The minimum absolute atomic E-state index is 0.0562. The number of Topliss-reactive ketones (excluding diaryl/α,β-unsaturated/α-hetero) is 1. The molecule has 1 aromatic rings. The monoisotopic (exact) mass is 217 g/mol. The lowest BCUT2D eigenvalue weighted by molar-refractivity contribution is 0.101. The van der Waals surface area contributed by atoms with Gasteiger partial charge in [0.05, 0.1) is 5.69 Å². The molecule has 0 saturated carbocycles. The number of carbonyl (C=O) groups excluding carboxylic acids is 1. The maximum Gasteiger partial charge on any atom is 0.175 e. The molecule has 0 aliphatic rings. The van der Waals surface area contributed by atoms with Crippen molar-refractivity contribution in [3.8, 4) is 0 Å². The molecule has 0 bridgehead atoms. The zero-order valence-corrected chi connectivity index (χ0v) is 8.53. The molecule has 0 aliphatic heterocycles. The van der Waals surface area contributed by atoms with Gasteiger partial charge in [-0.1, -0.05) is 13.8 Å². The number of H-pyrrole nitrogens is 1. The molecule has 0 aliphatic carbocycles. The molecule has 62 valence electrons. The Morgan fingerprint density at radius 1 is 1.55 bits per heavy atom. The predicted octanol–water partition coefficient (Wildman–Crippen LogP) is 3.01. The van der Waals surface area contributed by atoms with E-state index in [1.807, 2.05) is 13.8 Å². The summed E-state index contributed by atoms with van der Waals surface area (Å²) < 4.78 is 0.910. The molecule has 0 radical (unpaired) electrons. The number of aromatic nitrogens is 1. The van der Waals surface area contributed by atoms with Crippen molar-refractivity contribution in [1.29, 1.82) is 0 Å². The van der Waals surface area contributed by atoms with E-state index >= 15 is 0 Å². The van der Waals surface area contributed by atoms with Gasteiger partial charge in [0.1, 0.15) is 0 Å². The van der Waals surface area contributed by atoms with Crippen molar-refractivity contribution >= 4 is 21.7 Å². The van der Waals surface area contributed by atoms with Crippen molar-refractivity contribution in [1.82, 2.24) is 4.98 Å². The van der Waals surface area contributed by atoms with Crippen molar-refractivity contribution in [3.63, 3.8) is 0 Å². The van der Waals surface area contributed by atoms with Gasteiger partial charge in [-0.2, -0.15) is 0 Å². The molecule has 1 heterocycles. The van der Waals surface area contributed by atoms with Crippen molar-refractivity contribution < 1.29 is 4.79 Å². The standard InChI is InChI=1S/C6H6BrNO.C2H6/c1-4(9)6-2-5(7)3-8-6;1-2/h2-3,8H,1H3;1-2H3. The summed E-state index contributed by atoms with van der Waals surface area (Å²) in [6, 6.07) is 1.75. The summed E-state index contributed by atoms with van der Waals surface area (Å²) in [5, 5.41) is 0. The van der Waals surface area contributed by atoms with Gasteiger partial charge in [0, 0.05) is 17.6 Å². The lowest BCUT2D eigenvalue weighted by Crippen LogP contribution is -1.89. The van der Waals surface area contributed by atoms with Crippen LogP contribution in [0.25, 0.3) is 0 Å². The molecule has 0 atom stereocenters. The number of carbonyl (C=O) groups is 1. The average molecular weight is 218 g/mol. The second kappa shape index (κ2) is 5.13. The summed E-state index contributed by atoms with van der Waals surface area (Å²) >= 11 is 3.22. The first-order valence-electron chi connectivity index (χ1n) is 3.55. The van der Waals surface area contributed by atoms with Crippen LogP contribution in [0.1, 0.15) is 31.3 Å². The van der Waals surface area contributed by atoms with Crippen LogP contribution in [0.5, 0.6) is 0 Å². The zero-order valence-electron chi connectivity index (χ0n) is 6.94. The molecular formula is C8H12BrNO. The van der Waals surface area contributed by atoms with E-state index < -0.39 is 0 Å². The van der Waals surface area contributed by atoms with Gasteiger partial charge in [-0.15, -0.1) is 0 Å². The van der Waals surface area contributed by atoms with E-state index in [1.54, 1.807) is 12.3 Å². The second-order valence-electron chi connectivity index (χ2n) is 1.79. The van der Waals surface area contributed by atoms with E-state index in [9.17, 15) is 4.79 Å². The topological polar surface area (TPSA) is 32.9 Å². The fourth-order valence-electron chi connectivity index (χ4n) is 0.571. The number of hydrogen-bond acceptors (Lipinski definition) is 1. The Morgan fingerprint density at radius 2 is 2.09 bits per heavy atom. The number of aromatic amines is 1. The van der Waals surface area contributed by atoms with E-state index in [4.69, 9.17) is 0 Å². The number of ketones is 1. The minimum atomic E-state index is 0.0562. The first-order chi connectivity index (χ1) is 5.20. The van der Waals surface area contributed by atoms with Gasteiger partial charge in [0.2, 0.25) is 0 Å². The van der Waals surface area contributed by atoms with Gasteiger partial charge < -0.3 is 4.98 Å². The third-order valence-electron chi connectivity index (χ3n) is 1.03. The largest absolute Gasteiger partial charge is 0.358 e. The van der Waals surface area contributed by atoms with Crippen molar-refractivity contribution in [3.05, 3.63) is 22.4 Å². The van der Waals surface area contributed by atoms with E-state index in [-0.39, 0.29) is 5.78 Å². The Bertz CT molecular complexity index is 230. The molecule has 1 N–H and O–H groups in total. The summed E-state index contributed by atoms with van der Waals surface area (Å²) in [7, 11) is 0. The number of rotatable bonds is 1. The number of nitrogens with one attached hydrogen (secondary N) is 1. The summed E-state index contributed by atoms with van der Waals surface area (Å²) in [6.45, 7) is 5.53. The highest BCUT2D eigenvalue weighted by atomic mass is 79.9. The third-order valence-corrected chi connectivity index (χ3v) is 1.48. The van der Waals surface area contributed by atoms with Crippen LogP contribution >= 0.6 is 15.9 Å². The second-order valence-corrected chi connectivity index (χ2v) is 2.70. The Hall–Kier alpha value is -0.570. The highest BCUT2D eigenvalue weighted by Crippen LogP contribution is 2.10. The summed E-state index contributed by atoms with van der Waals surface area (Å²) in [5.74, 6) is 0.0562. The van der Waals surface area contributed by atoms with E-state index in [0.29, 0.717) is 5.69 Å². The van der Waals surface area contributed by atoms with E-state index in [0.717, 1.165) is 4.47 Å². The zero-order chi connectivity index (χ0) is 8.85. The molecule has 0 fully saturated rings. The van der Waals surface area contributed by atoms with Crippen LogP contribution in [0.2, 0.25) is 0 Å². The van der Waals surface area contributed by atoms with E-state index in [1.165, 1.54) is 6.92 Å². The average Bonchev–Trinajstić information content (AvgIpc) is 2.40. The van der Waals surface area contributed by atoms with Gasteiger partial charge in [-0.25, -0.2) is 0 Å².